The van der Waals surface area contributed by atoms with Crippen LogP contribution in [0.5, 0.6) is 5.75 Å². The molecule has 0 unspecified atom stereocenters. The van der Waals surface area contributed by atoms with Crippen molar-refractivity contribution in [3.05, 3.63) is 54.2 Å². The standard InChI is InChI=1S/C19H19N3O3/c1-22(2)14-8-4-13(5-9-14)19-21-16(18(20)23)17(25-19)12-6-10-15(24-3)11-7-12/h4-11H,1-3H3,(H2,20,23). The Morgan fingerprint density at radius 2 is 1.64 bits per heavy atom. The zero-order valence-corrected chi connectivity index (χ0v) is 14.3. The van der Waals surface area contributed by atoms with Crippen molar-refractivity contribution in [1.29, 1.82) is 0 Å². The maximum absolute atomic E-state index is 11.8. The van der Waals surface area contributed by atoms with Crippen molar-refractivity contribution in [2.75, 3.05) is 26.1 Å². The number of hydrogen-bond donors (Lipinski definition) is 1. The predicted molar refractivity (Wildman–Crippen MR) is 96.8 cm³/mol. The van der Waals surface area contributed by atoms with Gasteiger partial charge in [-0.25, -0.2) is 4.98 Å². The molecule has 128 valence electrons. The Morgan fingerprint density at radius 3 is 2.16 bits per heavy atom. The molecule has 1 amide bonds. The van der Waals surface area contributed by atoms with E-state index in [0.29, 0.717) is 23.0 Å². The van der Waals surface area contributed by atoms with Crippen molar-refractivity contribution in [1.82, 2.24) is 4.98 Å². The normalized spacial score (nSPS) is 10.5. The number of primary amides is 1. The maximum Gasteiger partial charge on any atom is 0.271 e. The highest BCUT2D eigenvalue weighted by Gasteiger charge is 2.20. The van der Waals surface area contributed by atoms with Crippen LogP contribution in [0.15, 0.2) is 52.9 Å². The van der Waals surface area contributed by atoms with Crippen LogP contribution in [0.4, 0.5) is 5.69 Å². The molecule has 0 saturated carbocycles. The van der Waals surface area contributed by atoms with Crippen LogP contribution in [-0.2, 0) is 0 Å². The van der Waals surface area contributed by atoms with E-state index in [2.05, 4.69) is 4.98 Å². The molecular formula is C19H19N3O3. The van der Waals surface area contributed by atoms with Gasteiger partial charge in [-0.3, -0.25) is 4.79 Å². The first-order chi connectivity index (χ1) is 12.0. The zero-order valence-electron chi connectivity index (χ0n) is 14.3. The molecule has 25 heavy (non-hydrogen) atoms. The lowest BCUT2D eigenvalue weighted by molar-refractivity contribution is 0.0996. The first-order valence-corrected chi connectivity index (χ1v) is 7.72. The first kappa shape index (κ1) is 16.6. The molecule has 0 saturated heterocycles. The third-order valence-electron chi connectivity index (χ3n) is 3.84. The average Bonchev–Trinajstić information content (AvgIpc) is 3.07. The van der Waals surface area contributed by atoms with Gasteiger partial charge in [-0.1, -0.05) is 0 Å². The molecule has 0 spiro atoms. The van der Waals surface area contributed by atoms with Crippen LogP contribution in [0.1, 0.15) is 10.5 Å². The Bertz CT molecular complexity index is 881. The molecule has 0 aliphatic carbocycles. The highest BCUT2D eigenvalue weighted by Crippen LogP contribution is 2.31. The second kappa shape index (κ2) is 6.68. The molecule has 0 radical (unpaired) electrons. The number of amides is 1. The van der Waals surface area contributed by atoms with Crippen molar-refractivity contribution < 1.29 is 13.9 Å². The minimum absolute atomic E-state index is 0.108. The van der Waals surface area contributed by atoms with Crippen LogP contribution in [0.2, 0.25) is 0 Å². The summed E-state index contributed by atoms with van der Waals surface area (Å²) in [6.45, 7) is 0. The molecular weight excluding hydrogens is 318 g/mol. The van der Waals surface area contributed by atoms with E-state index in [4.69, 9.17) is 14.9 Å². The van der Waals surface area contributed by atoms with E-state index in [9.17, 15) is 4.79 Å². The number of nitrogens with zero attached hydrogens (tertiary/aromatic N) is 2. The van der Waals surface area contributed by atoms with Gasteiger partial charge in [0.25, 0.3) is 5.91 Å². The summed E-state index contributed by atoms with van der Waals surface area (Å²) in [6, 6.07) is 14.9. The van der Waals surface area contributed by atoms with E-state index < -0.39 is 5.91 Å². The van der Waals surface area contributed by atoms with Crippen LogP contribution < -0.4 is 15.4 Å². The van der Waals surface area contributed by atoms with Gasteiger partial charge in [0.2, 0.25) is 5.89 Å². The molecule has 2 aromatic carbocycles. The molecule has 0 bridgehead atoms. The van der Waals surface area contributed by atoms with Crippen LogP contribution in [0.25, 0.3) is 22.8 Å². The first-order valence-electron chi connectivity index (χ1n) is 7.72. The summed E-state index contributed by atoms with van der Waals surface area (Å²) < 4.78 is 11.0. The van der Waals surface area contributed by atoms with E-state index in [-0.39, 0.29) is 5.69 Å². The molecule has 3 rings (SSSR count). The number of hydrogen-bond acceptors (Lipinski definition) is 5. The van der Waals surface area contributed by atoms with Gasteiger partial charge >= 0.3 is 0 Å². The molecule has 0 atom stereocenters. The molecule has 6 nitrogen and oxygen atoms in total. The lowest BCUT2D eigenvalue weighted by Crippen LogP contribution is -2.12. The summed E-state index contributed by atoms with van der Waals surface area (Å²) in [5.41, 5.74) is 8.11. The fraction of sp³-hybridized carbons (Fsp3) is 0.158. The van der Waals surface area contributed by atoms with Crippen molar-refractivity contribution in [3.8, 4) is 28.5 Å². The largest absolute Gasteiger partial charge is 0.497 e. The number of oxazole rings is 1. The molecule has 6 heteroatoms. The van der Waals surface area contributed by atoms with Gasteiger partial charge in [-0.15, -0.1) is 0 Å². The Kier molecular flexibility index (Phi) is 4.43. The fourth-order valence-electron chi connectivity index (χ4n) is 2.45. The Morgan fingerprint density at radius 1 is 1.04 bits per heavy atom. The fourth-order valence-corrected chi connectivity index (χ4v) is 2.45. The average molecular weight is 337 g/mol. The van der Waals surface area contributed by atoms with Gasteiger partial charge in [-0.05, 0) is 48.5 Å². The minimum atomic E-state index is -0.634. The molecule has 1 heterocycles. The number of anilines is 1. The van der Waals surface area contributed by atoms with E-state index in [1.165, 1.54) is 0 Å². The second-order valence-corrected chi connectivity index (χ2v) is 5.73. The number of carbonyl (C=O) groups excluding carboxylic acids is 1. The number of rotatable bonds is 5. The molecule has 0 fully saturated rings. The molecule has 1 aromatic heterocycles. The third kappa shape index (κ3) is 3.33. The maximum atomic E-state index is 11.8. The van der Waals surface area contributed by atoms with E-state index in [0.717, 1.165) is 11.3 Å². The van der Waals surface area contributed by atoms with E-state index in [1.54, 1.807) is 31.4 Å². The SMILES string of the molecule is COc1ccc(-c2oc(-c3ccc(N(C)C)cc3)nc2C(N)=O)cc1. The second-order valence-electron chi connectivity index (χ2n) is 5.73. The van der Waals surface area contributed by atoms with Crippen LogP contribution in [0.3, 0.4) is 0 Å². The van der Waals surface area contributed by atoms with Crippen LogP contribution in [0, 0.1) is 0 Å². The third-order valence-corrected chi connectivity index (χ3v) is 3.84. The highest BCUT2D eigenvalue weighted by molar-refractivity contribution is 5.97. The molecule has 0 aliphatic heterocycles. The summed E-state index contributed by atoms with van der Waals surface area (Å²) in [5, 5.41) is 0. The smallest absolute Gasteiger partial charge is 0.271 e. The summed E-state index contributed by atoms with van der Waals surface area (Å²) in [7, 11) is 5.52. The Hall–Kier alpha value is -3.28. The van der Waals surface area contributed by atoms with E-state index in [1.807, 2.05) is 43.3 Å². The Balaban J connectivity index is 2.03. The van der Waals surface area contributed by atoms with Gasteiger partial charge in [0.05, 0.1) is 7.11 Å². The van der Waals surface area contributed by atoms with Gasteiger partial charge < -0.3 is 19.8 Å². The van der Waals surface area contributed by atoms with Gasteiger partial charge in [0.15, 0.2) is 11.5 Å². The molecule has 2 N–H and O–H groups in total. The summed E-state index contributed by atoms with van der Waals surface area (Å²) >= 11 is 0. The number of benzene rings is 2. The molecule has 3 aromatic rings. The number of nitrogens with two attached hydrogens (primary N) is 1. The molecule has 0 aliphatic rings. The van der Waals surface area contributed by atoms with Crippen LogP contribution >= 0.6 is 0 Å². The number of aromatic nitrogens is 1. The van der Waals surface area contributed by atoms with Gasteiger partial charge in [0, 0.05) is 30.9 Å². The summed E-state index contributed by atoms with van der Waals surface area (Å²) in [4.78, 5) is 18.1. The van der Waals surface area contributed by atoms with Gasteiger partial charge in [-0.2, -0.15) is 0 Å². The number of carbonyl (C=O) groups is 1. The lowest BCUT2D eigenvalue weighted by Gasteiger charge is -2.11. The van der Waals surface area contributed by atoms with Crippen molar-refractivity contribution >= 4 is 11.6 Å². The summed E-state index contributed by atoms with van der Waals surface area (Å²) in [6.07, 6.45) is 0. The quantitative estimate of drug-likeness (QED) is 0.773. The van der Waals surface area contributed by atoms with Gasteiger partial charge in [0.1, 0.15) is 5.75 Å². The summed E-state index contributed by atoms with van der Waals surface area (Å²) in [5.74, 6) is 0.779. The predicted octanol–water partition coefficient (Wildman–Crippen LogP) is 3.18. The van der Waals surface area contributed by atoms with Crippen LogP contribution in [-0.4, -0.2) is 32.1 Å². The minimum Gasteiger partial charge on any atom is -0.497 e. The highest BCUT2D eigenvalue weighted by atomic mass is 16.5. The van der Waals surface area contributed by atoms with Crippen molar-refractivity contribution in [2.45, 2.75) is 0 Å². The lowest BCUT2D eigenvalue weighted by atomic mass is 10.1. The monoisotopic (exact) mass is 337 g/mol. The topological polar surface area (TPSA) is 81.6 Å². The zero-order chi connectivity index (χ0) is 18.0. The number of methoxy groups -OCH3 is 1. The van der Waals surface area contributed by atoms with E-state index >= 15 is 0 Å². The Labute approximate surface area is 145 Å². The van der Waals surface area contributed by atoms with Crippen molar-refractivity contribution in [2.24, 2.45) is 5.73 Å². The van der Waals surface area contributed by atoms with Crippen molar-refractivity contribution in [3.63, 3.8) is 0 Å². The number of ether oxygens (including phenoxy) is 1.